The van der Waals surface area contributed by atoms with E-state index in [9.17, 15) is 9.90 Å². The Labute approximate surface area is 142 Å². The second kappa shape index (κ2) is 7.28. The molecule has 1 amide bonds. The fourth-order valence-corrected chi connectivity index (χ4v) is 2.80. The summed E-state index contributed by atoms with van der Waals surface area (Å²) in [4.78, 5) is 12.2. The molecule has 0 heterocycles. The number of rotatable bonds is 5. The molecule has 0 aliphatic rings. The number of hydrogen-bond donors (Lipinski definition) is 2. The summed E-state index contributed by atoms with van der Waals surface area (Å²) in [7, 11) is 0. The van der Waals surface area contributed by atoms with Gasteiger partial charge in [0, 0.05) is 6.54 Å². The second-order valence-electron chi connectivity index (χ2n) is 6.05. The average molecular weight is 319 g/mol. The van der Waals surface area contributed by atoms with Gasteiger partial charge in [0.05, 0.1) is 12.5 Å². The molecule has 0 aromatic heterocycles. The van der Waals surface area contributed by atoms with Crippen LogP contribution in [0.4, 0.5) is 0 Å². The Kier molecular flexibility index (Phi) is 4.92. The topological polar surface area (TPSA) is 49.3 Å². The maximum absolute atomic E-state index is 12.2. The minimum Gasteiger partial charge on any atom is -0.387 e. The molecule has 1 atom stereocenters. The van der Waals surface area contributed by atoms with Gasteiger partial charge >= 0.3 is 0 Å². The molecule has 3 aromatic rings. The number of aliphatic hydroxyl groups excluding tert-OH is 1. The summed E-state index contributed by atoms with van der Waals surface area (Å²) in [5, 5.41) is 15.2. The Bertz CT molecular complexity index is 835. The first-order valence-corrected chi connectivity index (χ1v) is 8.11. The van der Waals surface area contributed by atoms with Crippen molar-refractivity contribution in [3.8, 4) is 0 Å². The van der Waals surface area contributed by atoms with Gasteiger partial charge in [0.15, 0.2) is 0 Å². The number of fused-ring (bicyclic) bond motifs is 1. The fourth-order valence-electron chi connectivity index (χ4n) is 2.80. The van der Waals surface area contributed by atoms with Crippen LogP contribution in [0, 0.1) is 6.92 Å². The smallest absolute Gasteiger partial charge is 0.224 e. The highest BCUT2D eigenvalue weighted by Gasteiger charge is 2.11. The van der Waals surface area contributed by atoms with Gasteiger partial charge in [-0.25, -0.2) is 0 Å². The van der Waals surface area contributed by atoms with Crippen molar-refractivity contribution in [1.82, 2.24) is 5.32 Å². The highest BCUT2D eigenvalue weighted by Crippen LogP contribution is 2.19. The summed E-state index contributed by atoms with van der Waals surface area (Å²) in [5.41, 5.74) is 2.95. The number of hydrogen-bond acceptors (Lipinski definition) is 2. The number of carbonyl (C=O) groups excluding carboxylic acids is 1. The first-order chi connectivity index (χ1) is 11.6. The summed E-state index contributed by atoms with van der Waals surface area (Å²) in [6, 6.07) is 21.7. The van der Waals surface area contributed by atoms with E-state index in [0.717, 1.165) is 27.5 Å². The normalized spacial score (nSPS) is 12.1. The van der Waals surface area contributed by atoms with E-state index in [1.54, 1.807) is 0 Å². The van der Waals surface area contributed by atoms with Crippen molar-refractivity contribution in [2.75, 3.05) is 6.54 Å². The standard InChI is InChI=1S/C21H21NO2/c1-15-9-11-17(12-10-15)20(23)14-22-21(24)13-18-7-4-6-16-5-2-3-8-19(16)18/h2-12,20,23H,13-14H2,1H3,(H,22,24)/t20-/m0/s1. The lowest BCUT2D eigenvalue weighted by molar-refractivity contribution is -0.120. The van der Waals surface area contributed by atoms with E-state index < -0.39 is 6.10 Å². The van der Waals surface area contributed by atoms with E-state index in [-0.39, 0.29) is 12.5 Å². The quantitative estimate of drug-likeness (QED) is 0.756. The minimum atomic E-state index is -0.693. The fraction of sp³-hybridized carbons (Fsp3) is 0.190. The SMILES string of the molecule is Cc1ccc([C@@H](O)CNC(=O)Cc2cccc3ccccc23)cc1. The van der Waals surface area contributed by atoms with Crippen LogP contribution in [0.15, 0.2) is 66.7 Å². The first kappa shape index (κ1) is 16.2. The van der Waals surface area contributed by atoms with Crippen molar-refractivity contribution in [1.29, 1.82) is 0 Å². The van der Waals surface area contributed by atoms with Gasteiger partial charge in [-0.15, -0.1) is 0 Å². The molecule has 0 spiro atoms. The molecule has 24 heavy (non-hydrogen) atoms. The molecule has 3 nitrogen and oxygen atoms in total. The number of carbonyl (C=O) groups is 1. The average Bonchev–Trinajstić information content (AvgIpc) is 2.61. The van der Waals surface area contributed by atoms with Gasteiger partial charge < -0.3 is 10.4 Å². The van der Waals surface area contributed by atoms with E-state index in [1.807, 2.05) is 73.7 Å². The number of aliphatic hydroxyl groups is 1. The summed E-state index contributed by atoms with van der Waals surface area (Å²) < 4.78 is 0. The number of amides is 1. The van der Waals surface area contributed by atoms with Crippen LogP contribution < -0.4 is 5.32 Å². The zero-order valence-corrected chi connectivity index (χ0v) is 13.7. The highest BCUT2D eigenvalue weighted by molar-refractivity contribution is 5.90. The van der Waals surface area contributed by atoms with Crippen LogP contribution in [0.3, 0.4) is 0 Å². The summed E-state index contributed by atoms with van der Waals surface area (Å²) >= 11 is 0. The van der Waals surface area contributed by atoms with Crippen molar-refractivity contribution >= 4 is 16.7 Å². The first-order valence-electron chi connectivity index (χ1n) is 8.11. The van der Waals surface area contributed by atoms with Crippen LogP contribution in [0.2, 0.25) is 0 Å². The van der Waals surface area contributed by atoms with Gasteiger partial charge in [-0.2, -0.15) is 0 Å². The molecule has 0 aliphatic carbocycles. The van der Waals surface area contributed by atoms with Gasteiger partial charge in [-0.1, -0.05) is 72.3 Å². The minimum absolute atomic E-state index is 0.0856. The maximum atomic E-state index is 12.2. The summed E-state index contributed by atoms with van der Waals surface area (Å²) in [6.45, 7) is 2.22. The third kappa shape index (κ3) is 3.81. The van der Waals surface area contributed by atoms with Gasteiger partial charge in [-0.3, -0.25) is 4.79 Å². The van der Waals surface area contributed by atoms with E-state index in [2.05, 4.69) is 5.32 Å². The molecule has 3 aromatic carbocycles. The highest BCUT2D eigenvalue weighted by atomic mass is 16.3. The second-order valence-corrected chi connectivity index (χ2v) is 6.05. The van der Waals surface area contributed by atoms with Crippen molar-refractivity contribution < 1.29 is 9.90 Å². The molecule has 0 aliphatic heterocycles. The Morgan fingerprint density at radius 2 is 1.71 bits per heavy atom. The van der Waals surface area contributed by atoms with Gasteiger partial charge in [0.2, 0.25) is 5.91 Å². The zero-order valence-electron chi connectivity index (χ0n) is 13.7. The summed E-state index contributed by atoms with van der Waals surface area (Å²) in [5.74, 6) is -0.0856. The largest absolute Gasteiger partial charge is 0.387 e. The predicted molar refractivity (Wildman–Crippen MR) is 96.8 cm³/mol. The lowest BCUT2D eigenvalue weighted by Crippen LogP contribution is -2.29. The zero-order chi connectivity index (χ0) is 16.9. The van der Waals surface area contributed by atoms with Gasteiger partial charge in [0.1, 0.15) is 0 Å². The Hall–Kier alpha value is -2.65. The van der Waals surface area contributed by atoms with Gasteiger partial charge in [-0.05, 0) is 28.8 Å². The van der Waals surface area contributed by atoms with Crippen LogP contribution in [-0.2, 0) is 11.2 Å². The summed E-state index contributed by atoms with van der Waals surface area (Å²) in [6.07, 6.45) is -0.385. The maximum Gasteiger partial charge on any atom is 0.224 e. The van der Waals surface area contributed by atoms with Crippen molar-refractivity contribution in [3.63, 3.8) is 0 Å². The lowest BCUT2D eigenvalue weighted by Gasteiger charge is -2.13. The molecule has 0 radical (unpaired) electrons. The molecule has 122 valence electrons. The molecule has 0 fully saturated rings. The third-order valence-electron chi connectivity index (χ3n) is 4.19. The third-order valence-corrected chi connectivity index (χ3v) is 4.19. The Morgan fingerprint density at radius 3 is 2.50 bits per heavy atom. The van der Waals surface area contributed by atoms with Crippen LogP contribution in [-0.4, -0.2) is 17.6 Å². The van der Waals surface area contributed by atoms with Crippen molar-refractivity contribution in [3.05, 3.63) is 83.4 Å². The number of nitrogens with one attached hydrogen (secondary N) is 1. The Balaban J connectivity index is 1.62. The van der Waals surface area contributed by atoms with Crippen LogP contribution in [0.25, 0.3) is 10.8 Å². The monoisotopic (exact) mass is 319 g/mol. The Morgan fingerprint density at radius 1 is 1.00 bits per heavy atom. The molecule has 3 rings (SSSR count). The molecular weight excluding hydrogens is 298 g/mol. The molecule has 0 unspecified atom stereocenters. The molecule has 0 saturated heterocycles. The molecular formula is C21H21NO2. The molecule has 0 saturated carbocycles. The van der Waals surface area contributed by atoms with Crippen LogP contribution in [0.5, 0.6) is 0 Å². The predicted octanol–water partition coefficient (Wildman–Crippen LogP) is 3.54. The van der Waals surface area contributed by atoms with Crippen molar-refractivity contribution in [2.45, 2.75) is 19.4 Å². The van der Waals surface area contributed by atoms with Crippen LogP contribution >= 0.6 is 0 Å². The van der Waals surface area contributed by atoms with E-state index in [0.29, 0.717) is 6.42 Å². The molecule has 3 heteroatoms. The lowest BCUT2D eigenvalue weighted by atomic mass is 10.0. The van der Waals surface area contributed by atoms with E-state index >= 15 is 0 Å². The van der Waals surface area contributed by atoms with Crippen LogP contribution in [0.1, 0.15) is 22.8 Å². The van der Waals surface area contributed by atoms with Gasteiger partial charge in [0.25, 0.3) is 0 Å². The number of benzene rings is 3. The van der Waals surface area contributed by atoms with E-state index in [1.165, 1.54) is 0 Å². The molecule has 0 bridgehead atoms. The van der Waals surface area contributed by atoms with E-state index in [4.69, 9.17) is 0 Å². The molecule has 2 N–H and O–H groups in total. The number of aryl methyl sites for hydroxylation is 1. The van der Waals surface area contributed by atoms with Crippen molar-refractivity contribution in [2.24, 2.45) is 0 Å².